The van der Waals surface area contributed by atoms with E-state index < -0.39 is 5.60 Å². The molecule has 1 fully saturated rings. The van der Waals surface area contributed by atoms with Gasteiger partial charge in [-0.25, -0.2) is 4.79 Å². The summed E-state index contributed by atoms with van der Waals surface area (Å²) in [5.41, 5.74) is 2.88. The largest absolute Gasteiger partial charge is 0.444 e. The standard InChI is InChI=1S/C26H31ClN4O3/c1-17-15-30(9-10-31(17)25(33)34-26(3,4)5)16-21-12-22(27)13-23(18(21)2)29-24(32)20-8-6-7-19(11-20)14-28/h6-8,11-13,17H,9-10,15-16H2,1-5H3,(H,29,32)/t17-/m0/s1. The normalized spacial score (nSPS) is 16.6. The van der Waals surface area contributed by atoms with Gasteiger partial charge in [0.15, 0.2) is 0 Å². The highest BCUT2D eigenvalue weighted by Gasteiger charge is 2.31. The van der Waals surface area contributed by atoms with Crippen LogP contribution in [0.4, 0.5) is 10.5 Å². The Balaban J connectivity index is 1.70. The number of nitrogens with zero attached hydrogens (tertiary/aromatic N) is 3. The molecule has 0 aliphatic carbocycles. The minimum absolute atomic E-state index is 0.00896. The van der Waals surface area contributed by atoms with Gasteiger partial charge in [-0.1, -0.05) is 17.7 Å². The zero-order chi connectivity index (χ0) is 25.0. The lowest BCUT2D eigenvalue weighted by Gasteiger charge is -2.40. The van der Waals surface area contributed by atoms with Gasteiger partial charge in [-0.3, -0.25) is 9.69 Å². The fraction of sp³-hybridized carbons (Fsp3) is 0.423. The first kappa shape index (κ1) is 25.5. The van der Waals surface area contributed by atoms with Crippen LogP contribution in [0.3, 0.4) is 0 Å². The number of anilines is 1. The van der Waals surface area contributed by atoms with Gasteiger partial charge in [0.1, 0.15) is 5.60 Å². The molecule has 2 aromatic rings. The van der Waals surface area contributed by atoms with Crippen molar-refractivity contribution in [2.75, 3.05) is 25.0 Å². The maximum atomic E-state index is 12.8. The molecular formula is C26H31ClN4O3. The summed E-state index contributed by atoms with van der Waals surface area (Å²) < 4.78 is 5.53. The van der Waals surface area contributed by atoms with E-state index in [2.05, 4.69) is 10.2 Å². The number of hydrogen-bond donors (Lipinski definition) is 1. The van der Waals surface area contributed by atoms with E-state index in [4.69, 9.17) is 21.6 Å². The van der Waals surface area contributed by atoms with Crippen LogP contribution in [-0.4, -0.2) is 53.1 Å². The first-order valence-corrected chi connectivity index (χ1v) is 11.7. The molecule has 0 unspecified atom stereocenters. The number of halogens is 1. The lowest BCUT2D eigenvalue weighted by atomic mass is 10.0. The minimum atomic E-state index is -0.525. The van der Waals surface area contributed by atoms with E-state index in [-0.39, 0.29) is 18.0 Å². The van der Waals surface area contributed by atoms with E-state index in [1.54, 1.807) is 35.2 Å². The molecular weight excluding hydrogens is 452 g/mol. The van der Waals surface area contributed by atoms with Crippen molar-refractivity contribution in [3.8, 4) is 6.07 Å². The van der Waals surface area contributed by atoms with Gasteiger partial charge >= 0.3 is 6.09 Å². The summed E-state index contributed by atoms with van der Waals surface area (Å²) in [4.78, 5) is 29.3. The number of carbonyl (C=O) groups excluding carboxylic acids is 2. The summed E-state index contributed by atoms with van der Waals surface area (Å²) in [7, 11) is 0. The predicted molar refractivity (Wildman–Crippen MR) is 133 cm³/mol. The number of rotatable bonds is 4. The number of piperazine rings is 1. The average molecular weight is 483 g/mol. The Morgan fingerprint density at radius 3 is 2.62 bits per heavy atom. The molecule has 8 heteroatoms. The van der Waals surface area contributed by atoms with Crippen LogP contribution in [0.15, 0.2) is 36.4 Å². The smallest absolute Gasteiger partial charge is 0.410 e. The molecule has 1 aliphatic rings. The lowest BCUT2D eigenvalue weighted by Crippen LogP contribution is -2.54. The Kier molecular flexibility index (Phi) is 7.86. The SMILES string of the molecule is Cc1c(CN2CCN(C(=O)OC(C)(C)C)[C@@H](C)C2)cc(Cl)cc1NC(=O)c1cccc(C#N)c1. The fourth-order valence-electron chi connectivity index (χ4n) is 3.96. The van der Waals surface area contributed by atoms with Gasteiger partial charge in [0.2, 0.25) is 0 Å². The zero-order valence-electron chi connectivity index (χ0n) is 20.3. The molecule has 1 N–H and O–H groups in total. The van der Waals surface area contributed by atoms with Crippen LogP contribution in [0, 0.1) is 18.3 Å². The van der Waals surface area contributed by atoms with Crippen molar-refractivity contribution in [2.45, 2.75) is 52.8 Å². The van der Waals surface area contributed by atoms with Crippen molar-refractivity contribution in [1.82, 2.24) is 9.80 Å². The predicted octanol–water partition coefficient (Wildman–Crippen LogP) is 5.21. The Hall–Kier alpha value is -3.08. The molecule has 2 aromatic carbocycles. The first-order chi connectivity index (χ1) is 16.0. The van der Waals surface area contributed by atoms with Gasteiger partial charge in [0.25, 0.3) is 5.91 Å². The second kappa shape index (κ2) is 10.5. The van der Waals surface area contributed by atoms with Crippen LogP contribution in [0.5, 0.6) is 0 Å². The second-order valence-corrected chi connectivity index (χ2v) is 10.1. The number of hydrogen-bond acceptors (Lipinski definition) is 5. The summed E-state index contributed by atoms with van der Waals surface area (Å²) >= 11 is 6.39. The van der Waals surface area contributed by atoms with Crippen molar-refractivity contribution in [3.63, 3.8) is 0 Å². The topological polar surface area (TPSA) is 85.7 Å². The van der Waals surface area contributed by atoms with Gasteiger partial charge < -0.3 is 15.0 Å². The quantitative estimate of drug-likeness (QED) is 0.646. The van der Waals surface area contributed by atoms with Crippen molar-refractivity contribution in [1.29, 1.82) is 5.26 Å². The molecule has 1 heterocycles. The maximum absolute atomic E-state index is 12.8. The zero-order valence-corrected chi connectivity index (χ0v) is 21.1. The molecule has 2 amide bonds. The number of carbonyl (C=O) groups is 2. The molecule has 34 heavy (non-hydrogen) atoms. The Bertz CT molecular complexity index is 1120. The fourth-order valence-corrected chi connectivity index (χ4v) is 4.20. The maximum Gasteiger partial charge on any atom is 0.410 e. The molecule has 0 spiro atoms. The molecule has 1 atom stereocenters. The highest BCUT2D eigenvalue weighted by molar-refractivity contribution is 6.31. The van der Waals surface area contributed by atoms with Crippen LogP contribution >= 0.6 is 11.6 Å². The molecule has 7 nitrogen and oxygen atoms in total. The monoisotopic (exact) mass is 482 g/mol. The van der Waals surface area contributed by atoms with Crippen LogP contribution in [0.1, 0.15) is 54.7 Å². The molecule has 0 bridgehead atoms. The molecule has 0 saturated carbocycles. The molecule has 1 aliphatic heterocycles. The summed E-state index contributed by atoms with van der Waals surface area (Å²) in [6, 6.07) is 12.3. The molecule has 3 rings (SSSR count). The number of ether oxygens (including phenoxy) is 1. The minimum Gasteiger partial charge on any atom is -0.444 e. The van der Waals surface area contributed by atoms with Crippen LogP contribution in [0.2, 0.25) is 5.02 Å². The Morgan fingerprint density at radius 2 is 1.97 bits per heavy atom. The van der Waals surface area contributed by atoms with Crippen LogP contribution in [0.25, 0.3) is 0 Å². The van der Waals surface area contributed by atoms with Gasteiger partial charge in [-0.2, -0.15) is 5.26 Å². The average Bonchev–Trinajstić information content (AvgIpc) is 2.75. The first-order valence-electron chi connectivity index (χ1n) is 11.3. The van der Waals surface area contributed by atoms with Crippen molar-refractivity contribution in [3.05, 3.63) is 63.7 Å². The van der Waals surface area contributed by atoms with E-state index in [1.165, 1.54) is 0 Å². The molecule has 180 valence electrons. The summed E-state index contributed by atoms with van der Waals surface area (Å²) in [5.74, 6) is -0.298. The third kappa shape index (κ3) is 6.49. The van der Waals surface area contributed by atoms with Crippen molar-refractivity contribution >= 4 is 29.3 Å². The van der Waals surface area contributed by atoms with Gasteiger partial charge in [0.05, 0.1) is 11.6 Å². The van der Waals surface area contributed by atoms with E-state index in [1.807, 2.05) is 46.8 Å². The second-order valence-electron chi connectivity index (χ2n) is 9.64. The van der Waals surface area contributed by atoms with E-state index >= 15 is 0 Å². The lowest BCUT2D eigenvalue weighted by molar-refractivity contribution is 0.000535. The number of nitriles is 1. The van der Waals surface area contributed by atoms with Gasteiger partial charge in [-0.05, 0) is 76.1 Å². The van der Waals surface area contributed by atoms with E-state index in [9.17, 15) is 9.59 Å². The molecule has 1 saturated heterocycles. The van der Waals surface area contributed by atoms with Gasteiger partial charge in [0, 0.05) is 48.5 Å². The van der Waals surface area contributed by atoms with E-state index in [0.717, 1.165) is 11.1 Å². The van der Waals surface area contributed by atoms with E-state index in [0.29, 0.717) is 48.0 Å². The highest BCUT2D eigenvalue weighted by atomic mass is 35.5. The summed E-state index contributed by atoms with van der Waals surface area (Å²) in [6.07, 6.45) is -0.288. The summed E-state index contributed by atoms with van der Waals surface area (Å²) in [5, 5.41) is 12.5. The number of nitrogens with one attached hydrogen (secondary N) is 1. The third-order valence-electron chi connectivity index (χ3n) is 5.72. The Labute approximate surface area is 206 Å². The number of benzene rings is 2. The van der Waals surface area contributed by atoms with Gasteiger partial charge in [-0.15, -0.1) is 0 Å². The van der Waals surface area contributed by atoms with Crippen molar-refractivity contribution in [2.24, 2.45) is 0 Å². The van der Waals surface area contributed by atoms with Crippen LogP contribution < -0.4 is 5.32 Å². The summed E-state index contributed by atoms with van der Waals surface area (Å²) in [6.45, 7) is 12.2. The third-order valence-corrected chi connectivity index (χ3v) is 5.93. The number of amides is 2. The van der Waals surface area contributed by atoms with Crippen molar-refractivity contribution < 1.29 is 14.3 Å². The van der Waals surface area contributed by atoms with Crippen LogP contribution in [-0.2, 0) is 11.3 Å². The molecule has 0 aromatic heterocycles. The molecule has 0 radical (unpaired) electrons. The Morgan fingerprint density at radius 1 is 1.24 bits per heavy atom. The highest BCUT2D eigenvalue weighted by Crippen LogP contribution is 2.27.